The van der Waals surface area contributed by atoms with Crippen LogP contribution in [-0.2, 0) is 10.3 Å². The number of Topliss-reactive ketones (excluding diaryl/α,β-unsaturated/α-hetero) is 1. The molecule has 1 fully saturated rings. The first-order valence-corrected chi connectivity index (χ1v) is 5.51. The Morgan fingerprint density at radius 2 is 1.94 bits per heavy atom. The van der Waals surface area contributed by atoms with Crippen LogP contribution in [0.25, 0.3) is 0 Å². The van der Waals surface area contributed by atoms with E-state index in [-0.39, 0.29) is 17.9 Å². The van der Waals surface area contributed by atoms with Crippen LogP contribution in [0.2, 0.25) is 5.02 Å². The molecule has 16 heavy (non-hydrogen) atoms. The van der Waals surface area contributed by atoms with Crippen molar-refractivity contribution in [2.75, 3.05) is 6.54 Å². The summed E-state index contributed by atoms with van der Waals surface area (Å²) in [7, 11) is 0. The molecule has 2 nitrogen and oxygen atoms in total. The molecule has 0 aliphatic carbocycles. The lowest BCUT2D eigenvalue weighted by Crippen LogP contribution is -2.46. The number of benzene rings is 1. The molecule has 0 radical (unpaired) electrons. The quantitative estimate of drug-likeness (QED) is 0.841. The van der Waals surface area contributed by atoms with E-state index >= 15 is 0 Å². The number of rotatable bonds is 1. The molecule has 1 saturated heterocycles. The van der Waals surface area contributed by atoms with Crippen LogP contribution in [0.1, 0.15) is 25.3 Å². The molecule has 1 aromatic carbocycles. The fraction of sp³-hybridized carbons (Fsp3) is 0.417. The third kappa shape index (κ3) is 2.76. The highest BCUT2D eigenvalue weighted by atomic mass is 35.5. The minimum absolute atomic E-state index is 0. The lowest BCUT2D eigenvalue weighted by atomic mass is 9.83. The van der Waals surface area contributed by atoms with Gasteiger partial charge in [0.2, 0.25) is 0 Å². The van der Waals surface area contributed by atoms with Crippen LogP contribution in [-0.4, -0.2) is 12.3 Å². The number of halogens is 2. The molecule has 0 saturated carbocycles. The molecular weight excluding hydrogens is 245 g/mol. The molecule has 1 aliphatic heterocycles. The molecule has 1 unspecified atom stereocenters. The summed E-state index contributed by atoms with van der Waals surface area (Å²) in [5.41, 5.74) is 0.903. The van der Waals surface area contributed by atoms with Gasteiger partial charge < -0.3 is 5.32 Å². The van der Waals surface area contributed by atoms with Gasteiger partial charge in [-0.2, -0.15) is 0 Å². The normalized spacial score (nSPS) is 25.0. The van der Waals surface area contributed by atoms with E-state index in [1.807, 2.05) is 24.3 Å². The van der Waals surface area contributed by atoms with Crippen LogP contribution < -0.4 is 5.32 Å². The van der Waals surface area contributed by atoms with Crippen molar-refractivity contribution < 1.29 is 4.79 Å². The first kappa shape index (κ1) is 13.5. The standard InChI is InChI=1S/C12H14ClNO.ClH/c1-12(8-11(15)6-7-14-12)9-2-4-10(13)5-3-9;/h2-5,14H,6-8H2,1H3;1H. The van der Waals surface area contributed by atoms with E-state index in [2.05, 4.69) is 12.2 Å². The lowest BCUT2D eigenvalue weighted by molar-refractivity contribution is -0.122. The molecule has 4 heteroatoms. The van der Waals surface area contributed by atoms with E-state index in [0.717, 1.165) is 17.1 Å². The number of carbonyl (C=O) groups excluding carboxylic acids is 1. The SMILES string of the molecule is CC1(c2ccc(Cl)cc2)CC(=O)CCN1.Cl. The summed E-state index contributed by atoms with van der Waals surface area (Å²) in [5, 5.41) is 4.12. The van der Waals surface area contributed by atoms with E-state index in [4.69, 9.17) is 11.6 Å². The van der Waals surface area contributed by atoms with Crippen LogP contribution in [0.15, 0.2) is 24.3 Å². The van der Waals surface area contributed by atoms with E-state index in [1.54, 1.807) is 0 Å². The molecule has 2 rings (SSSR count). The van der Waals surface area contributed by atoms with Gasteiger partial charge in [-0.25, -0.2) is 0 Å². The van der Waals surface area contributed by atoms with E-state index in [0.29, 0.717) is 18.6 Å². The van der Waals surface area contributed by atoms with E-state index < -0.39 is 0 Å². The first-order chi connectivity index (χ1) is 7.10. The smallest absolute Gasteiger partial charge is 0.136 e. The summed E-state index contributed by atoms with van der Waals surface area (Å²) in [5.74, 6) is 0.325. The molecule has 1 atom stereocenters. The van der Waals surface area contributed by atoms with Crippen molar-refractivity contribution in [1.29, 1.82) is 0 Å². The average molecular weight is 260 g/mol. The van der Waals surface area contributed by atoms with Gasteiger partial charge in [0.05, 0.1) is 0 Å². The Balaban J connectivity index is 0.00000128. The Morgan fingerprint density at radius 3 is 2.50 bits per heavy atom. The maximum absolute atomic E-state index is 11.5. The number of nitrogens with one attached hydrogen (secondary N) is 1. The van der Waals surface area contributed by atoms with E-state index in [9.17, 15) is 4.79 Å². The second-order valence-corrected chi connectivity index (χ2v) is 4.67. The zero-order chi connectivity index (χ0) is 10.9. The van der Waals surface area contributed by atoms with Crippen molar-refractivity contribution in [3.05, 3.63) is 34.9 Å². The fourth-order valence-corrected chi connectivity index (χ4v) is 2.17. The molecule has 1 aromatic rings. The Morgan fingerprint density at radius 1 is 1.31 bits per heavy atom. The molecule has 0 bridgehead atoms. The molecule has 1 aliphatic rings. The van der Waals surface area contributed by atoms with Crippen LogP contribution in [0, 0.1) is 0 Å². The van der Waals surface area contributed by atoms with Crippen LogP contribution in [0.4, 0.5) is 0 Å². The number of piperidine rings is 1. The first-order valence-electron chi connectivity index (χ1n) is 5.13. The minimum atomic E-state index is -0.222. The number of hydrogen-bond acceptors (Lipinski definition) is 2. The van der Waals surface area contributed by atoms with Gasteiger partial charge in [-0.1, -0.05) is 23.7 Å². The third-order valence-corrected chi connectivity index (χ3v) is 3.20. The average Bonchev–Trinajstić information content (AvgIpc) is 2.18. The molecule has 88 valence electrons. The van der Waals surface area contributed by atoms with Crippen molar-refractivity contribution in [1.82, 2.24) is 5.32 Å². The Kier molecular flexibility index (Phi) is 4.36. The van der Waals surface area contributed by atoms with Gasteiger partial charge in [0.25, 0.3) is 0 Å². The Bertz CT molecular complexity index is 377. The van der Waals surface area contributed by atoms with Crippen molar-refractivity contribution >= 4 is 29.8 Å². The second-order valence-electron chi connectivity index (χ2n) is 4.23. The zero-order valence-electron chi connectivity index (χ0n) is 9.13. The zero-order valence-corrected chi connectivity index (χ0v) is 10.7. The summed E-state index contributed by atoms with van der Waals surface area (Å²) >= 11 is 5.84. The van der Waals surface area contributed by atoms with Crippen LogP contribution in [0.3, 0.4) is 0 Å². The van der Waals surface area contributed by atoms with Crippen LogP contribution in [0.5, 0.6) is 0 Å². The number of ketones is 1. The van der Waals surface area contributed by atoms with Crippen molar-refractivity contribution in [3.8, 4) is 0 Å². The molecule has 0 amide bonds. The van der Waals surface area contributed by atoms with Gasteiger partial charge >= 0.3 is 0 Å². The molecule has 1 N–H and O–H groups in total. The van der Waals surface area contributed by atoms with Gasteiger partial charge in [-0.3, -0.25) is 4.79 Å². The third-order valence-electron chi connectivity index (χ3n) is 2.95. The number of hydrogen-bond donors (Lipinski definition) is 1. The summed E-state index contributed by atoms with van der Waals surface area (Å²) in [4.78, 5) is 11.5. The lowest BCUT2D eigenvalue weighted by Gasteiger charge is -2.34. The summed E-state index contributed by atoms with van der Waals surface area (Å²) in [6.07, 6.45) is 1.21. The van der Waals surface area contributed by atoms with Gasteiger partial charge in [-0.05, 0) is 24.6 Å². The number of carbonyl (C=O) groups is 1. The molecule has 0 aromatic heterocycles. The topological polar surface area (TPSA) is 29.1 Å². The summed E-state index contributed by atoms with van der Waals surface area (Å²) in [6.45, 7) is 2.82. The largest absolute Gasteiger partial charge is 0.307 e. The van der Waals surface area contributed by atoms with Crippen molar-refractivity contribution in [2.24, 2.45) is 0 Å². The predicted molar refractivity (Wildman–Crippen MR) is 68.3 cm³/mol. The highest BCUT2D eigenvalue weighted by molar-refractivity contribution is 6.30. The summed E-state index contributed by atoms with van der Waals surface area (Å²) in [6, 6.07) is 7.69. The minimum Gasteiger partial charge on any atom is -0.307 e. The molecular formula is C12H15Cl2NO. The fourth-order valence-electron chi connectivity index (χ4n) is 2.04. The van der Waals surface area contributed by atoms with Crippen molar-refractivity contribution in [2.45, 2.75) is 25.3 Å². The van der Waals surface area contributed by atoms with Crippen LogP contribution >= 0.6 is 24.0 Å². The van der Waals surface area contributed by atoms with E-state index in [1.165, 1.54) is 0 Å². The monoisotopic (exact) mass is 259 g/mol. The predicted octanol–water partition coefficient (Wildman–Crippen LogP) is 2.93. The maximum atomic E-state index is 11.5. The van der Waals surface area contributed by atoms with Gasteiger partial charge in [0.15, 0.2) is 0 Å². The van der Waals surface area contributed by atoms with Gasteiger partial charge in [0.1, 0.15) is 5.78 Å². The van der Waals surface area contributed by atoms with Crippen molar-refractivity contribution in [3.63, 3.8) is 0 Å². The molecule has 0 spiro atoms. The van der Waals surface area contributed by atoms with Gasteiger partial charge in [-0.15, -0.1) is 12.4 Å². The Hall–Kier alpha value is -0.570. The van der Waals surface area contributed by atoms with Gasteiger partial charge in [0, 0.05) is 29.9 Å². The second kappa shape index (κ2) is 5.17. The summed E-state index contributed by atoms with van der Waals surface area (Å²) < 4.78 is 0. The maximum Gasteiger partial charge on any atom is 0.136 e. The Labute approximate surface area is 107 Å². The molecule has 1 heterocycles. The highest BCUT2D eigenvalue weighted by Gasteiger charge is 2.32. The highest BCUT2D eigenvalue weighted by Crippen LogP contribution is 2.28.